The smallest absolute Gasteiger partial charge is 0.410 e. The van der Waals surface area contributed by atoms with Crippen LogP contribution in [0.15, 0.2) is 0 Å². The van der Waals surface area contributed by atoms with Crippen molar-refractivity contribution in [1.29, 1.82) is 0 Å². The topological polar surface area (TPSA) is 84.9 Å². The second-order valence-corrected chi connectivity index (χ2v) is 9.52. The van der Waals surface area contributed by atoms with Crippen molar-refractivity contribution in [3.05, 3.63) is 16.0 Å². The highest BCUT2D eigenvalue weighted by Gasteiger charge is 2.33. The van der Waals surface area contributed by atoms with Crippen molar-refractivity contribution in [1.82, 2.24) is 4.90 Å². The lowest BCUT2D eigenvalue weighted by Gasteiger charge is -2.27. The first-order valence-electron chi connectivity index (χ1n) is 11.4. The number of esters is 1. The van der Waals surface area contributed by atoms with Crippen LogP contribution in [0.4, 0.5) is 9.80 Å². The molecule has 0 unspecified atom stereocenters. The Morgan fingerprint density at radius 1 is 1.16 bits per heavy atom. The van der Waals surface area contributed by atoms with Crippen LogP contribution in [0.5, 0.6) is 0 Å². The van der Waals surface area contributed by atoms with Gasteiger partial charge in [0.15, 0.2) is 0 Å². The summed E-state index contributed by atoms with van der Waals surface area (Å²) in [4.78, 5) is 40.1. The van der Waals surface area contributed by atoms with E-state index in [1.807, 2.05) is 0 Å². The Labute approximate surface area is 188 Å². The van der Waals surface area contributed by atoms with E-state index in [0.717, 1.165) is 42.0 Å². The molecule has 0 atom stereocenters. The molecule has 0 spiro atoms. The molecule has 172 valence electrons. The lowest BCUT2D eigenvalue weighted by molar-refractivity contribution is -0.121. The average molecular weight is 451 g/mol. The van der Waals surface area contributed by atoms with Crippen molar-refractivity contribution >= 4 is 34.3 Å². The van der Waals surface area contributed by atoms with Crippen LogP contribution in [-0.4, -0.2) is 43.1 Å². The lowest BCUT2D eigenvalue weighted by atomic mass is 9.79. The number of thiophene rings is 1. The van der Waals surface area contributed by atoms with E-state index >= 15 is 0 Å². The summed E-state index contributed by atoms with van der Waals surface area (Å²) in [5.41, 5.74) is 1.31. The molecule has 7 nitrogen and oxygen atoms in total. The third kappa shape index (κ3) is 5.59. The first-order chi connectivity index (χ1) is 15.0. The number of anilines is 1. The quantitative estimate of drug-likeness (QED) is 0.592. The summed E-state index contributed by atoms with van der Waals surface area (Å²) in [5, 5.41) is 3.57. The normalized spacial score (nSPS) is 20.7. The van der Waals surface area contributed by atoms with E-state index in [1.54, 1.807) is 11.8 Å². The Hall–Kier alpha value is -2.09. The Bertz CT molecular complexity index is 798. The van der Waals surface area contributed by atoms with Crippen molar-refractivity contribution in [2.24, 2.45) is 11.8 Å². The molecule has 1 saturated carbocycles. The van der Waals surface area contributed by atoms with Crippen LogP contribution in [0.3, 0.4) is 0 Å². The van der Waals surface area contributed by atoms with Gasteiger partial charge in [0.2, 0.25) is 5.91 Å². The number of unbranched alkanes of at least 4 members (excludes halogenated alkanes) is 1. The average Bonchev–Trinajstić information content (AvgIpc) is 3.14. The minimum Gasteiger partial charge on any atom is -0.465 e. The molecule has 2 amide bonds. The minimum absolute atomic E-state index is 0.0139. The number of amides is 2. The summed E-state index contributed by atoms with van der Waals surface area (Å²) in [7, 11) is 1.35. The first-order valence-corrected chi connectivity index (χ1v) is 12.2. The molecule has 2 heterocycles. The van der Waals surface area contributed by atoms with E-state index in [2.05, 4.69) is 12.2 Å². The van der Waals surface area contributed by atoms with Gasteiger partial charge < -0.3 is 19.7 Å². The molecular weight excluding hydrogens is 416 g/mol. The maximum absolute atomic E-state index is 13.0. The summed E-state index contributed by atoms with van der Waals surface area (Å²) < 4.78 is 10.1. The van der Waals surface area contributed by atoms with Gasteiger partial charge in [0.25, 0.3) is 0 Å². The standard InChI is InChI=1S/C23H34N2O5S/c1-4-6-7-15-8-10-16(11-9-15)20(26)24-21-19(22(27)29-3)17-12-13-25(14-18(17)31-21)23(28)30-5-2/h15-16H,4-14H2,1-3H3,(H,24,26). The zero-order valence-corrected chi connectivity index (χ0v) is 19.6. The Morgan fingerprint density at radius 3 is 2.55 bits per heavy atom. The van der Waals surface area contributed by atoms with Crippen molar-refractivity contribution in [2.45, 2.75) is 71.8 Å². The maximum Gasteiger partial charge on any atom is 0.410 e. The molecule has 0 saturated heterocycles. The lowest BCUT2D eigenvalue weighted by Crippen LogP contribution is -2.36. The molecule has 1 aromatic rings. The van der Waals surface area contributed by atoms with Gasteiger partial charge in [-0.25, -0.2) is 9.59 Å². The van der Waals surface area contributed by atoms with Crippen LogP contribution >= 0.6 is 11.3 Å². The zero-order chi connectivity index (χ0) is 22.4. The van der Waals surface area contributed by atoms with Crippen LogP contribution < -0.4 is 5.32 Å². The van der Waals surface area contributed by atoms with Gasteiger partial charge in [0.05, 0.1) is 25.8 Å². The summed E-state index contributed by atoms with van der Waals surface area (Å²) in [6.45, 7) is 5.16. The molecule has 3 rings (SSSR count). The molecule has 1 N–H and O–H groups in total. The third-order valence-electron chi connectivity index (χ3n) is 6.39. The number of nitrogens with zero attached hydrogens (tertiary/aromatic N) is 1. The van der Waals surface area contributed by atoms with Crippen LogP contribution in [0.2, 0.25) is 0 Å². The Kier molecular flexibility index (Phi) is 8.35. The number of methoxy groups -OCH3 is 1. The molecule has 8 heteroatoms. The maximum atomic E-state index is 13.0. The van der Waals surface area contributed by atoms with Gasteiger partial charge in [-0.15, -0.1) is 11.3 Å². The second-order valence-electron chi connectivity index (χ2n) is 8.42. The zero-order valence-electron chi connectivity index (χ0n) is 18.8. The van der Waals surface area contributed by atoms with Crippen molar-refractivity contribution in [2.75, 3.05) is 25.6 Å². The SMILES string of the molecule is CCCCC1CCC(C(=O)Nc2sc3c(c2C(=O)OC)CCN(C(=O)OCC)C3)CC1. The van der Waals surface area contributed by atoms with Crippen LogP contribution in [0, 0.1) is 11.8 Å². The van der Waals surface area contributed by atoms with Gasteiger partial charge in [-0.2, -0.15) is 0 Å². The van der Waals surface area contributed by atoms with Crippen LogP contribution in [-0.2, 0) is 27.2 Å². The molecule has 1 aliphatic heterocycles. The highest BCUT2D eigenvalue weighted by molar-refractivity contribution is 7.17. The second kappa shape index (κ2) is 11.0. The highest BCUT2D eigenvalue weighted by Crippen LogP contribution is 2.39. The van der Waals surface area contributed by atoms with E-state index < -0.39 is 5.97 Å². The summed E-state index contributed by atoms with van der Waals surface area (Å²) in [6.07, 6.45) is 7.90. The summed E-state index contributed by atoms with van der Waals surface area (Å²) >= 11 is 1.37. The molecule has 0 aromatic carbocycles. The van der Waals surface area contributed by atoms with E-state index in [1.165, 1.54) is 37.7 Å². The predicted molar refractivity (Wildman–Crippen MR) is 120 cm³/mol. The van der Waals surface area contributed by atoms with E-state index in [4.69, 9.17) is 9.47 Å². The van der Waals surface area contributed by atoms with Gasteiger partial charge in [0.1, 0.15) is 5.00 Å². The molecule has 1 aliphatic carbocycles. The van der Waals surface area contributed by atoms with Gasteiger partial charge in [-0.3, -0.25) is 4.79 Å². The van der Waals surface area contributed by atoms with Gasteiger partial charge in [-0.05, 0) is 50.5 Å². The number of ether oxygens (including phenoxy) is 2. The molecule has 1 fully saturated rings. The molecule has 31 heavy (non-hydrogen) atoms. The molecule has 2 aliphatic rings. The Balaban J connectivity index is 1.70. The predicted octanol–water partition coefficient (Wildman–Crippen LogP) is 4.98. The van der Waals surface area contributed by atoms with E-state index in [-0.39, 0.29) is 17.9 Å². The number of carbonyl (C=O) groups excluding carboxylic acids is 3. The van der Waals surface area contributed by atoms with Crippen molar-refractivity contribution in [3.63, 3.8) is 0 Å². The van der Waals surface area contributed by atoms with E-state index in [0.29, 0.717) is 36.7 Å². The largest absolute Gasteiger partial charge is 0.465 e. The van der Waals surface area contributed by atoms with Gasteiger partial charge in [0, 0.05) is 17.3 Å². The number of nitrogens with one attached hydrogen (secondary N) is 1. The number of hydrogen-bond donors (Lipinski definition) is 1. The summed E-state index contributed by atoms with van der Waals surface area (Å²) in [6, 6.07) is 0. The third-order valence-corrected chi connectivity index (χ3v) is 7.52. The number of hydrogen-bond acceptors (Lipinski definition) is 6. The fourth-order valence-corrected chi connectivity index (χ4v) is 5.85. The fraction of sp³-hybridized carbons (Fsp3) is 0.696. The highest BCUT2D eigenvalue weighted by atomic mass is 32.1. The van der Waals surface area contributed by atoms with E-state index in [9.17, 15) is 14.4 Å². The number of rotatable bonds is 7. The Morgan fingerprint density at radius 2 is 1.90 bits per heavy atom. The molecule has 0 radical (unpaired) electrons. The first kappa shape index (κ1) is 23.6. The van der Waals surface area contributed by atoms with Gasteiger partial charge in [-0.1, -0.05) is 26.2 Å². The van der Waals surface area contributed by atoms with Crippen LogP contribution in [0.1, 0.15) is 79.6 Å². The fourth-order valence-electron chi connectivity index (χ4n) is 4.60. The monoisotopic (exact) mass is 450 g/mol. The number of fused-ring (bicyclic) bond motifs is 1. The molecule has 1 aromatic heterocycles. The molecular formula is C23H34N2O5S. The number of carbonyl (C=O) groups is 3. The minimum atomic E-state index is -0.444. The van der Waals surface area contributed by atoms with Crippen molar-refractivity contribution < 1.29 is 23.9 Å². The summed E-state index contributed by atoms with van der Waals surface area (Å²) in [5.74, 6) is 0.261. The van der Waals surface area contributed by atoms with Crippen molar-refractivity contribution in [3.8, 4) is 0 Å². The molecule has 0 bridgehead atoms. The van der Waals surface area contributed by atoms with Gasteiger partial charge >= 0.3 is 12.1 Å². The van der Waals surface area contributed by atoms with Crippen LogP contribution in [0.25, 0.3) is 0 Å².